The molecule has 132 valence electrons. The third kappa shape index (κ3) is 3.56. The van der Waals surface area contributed by atoms with Gasteiger partial charge >= 0.3 is 0 Å². The summed E-state index contributed by atoms with van der Waals surface area (Å²) >= 11 is 0. The van der Waals surface area contributed by atoms with E-state index in [2.05, 4.69) is 15.3 Å². The van der Waals surface area contributed by atoms with Gasteiger partial charge in [-0.3, -0.25) is 14.6 Å². The van der Waals surface area contributed by atoms with Gasteiger partial charge in [-0.05, 0) is 49.4 Å². The van der Waals surface area contributed by atoms with E-state index in [1.165, 1.54) is 0 Å². The summed E-state index contributed by atoms with van der Waals surface area (Å²) in [7, 11) is 1.59. The van der Waals surface area contributed by atoms with Gasteiger partial charge < -0.3 is 15.8 Å². The first-order chi connectivity index (χ1) is 12.5. The summed E-state index contributed by atoms with van der Waals surface area (Å²) in [6, 6.07) is 13.9. The first-order valence-corrected chi connectivity index (χ1v) is 7.90. The molecular weight excluding hydrogens is 332 g/mol. The maximum atomic E-state index is 12.3. The molecule has 1 aromatic heterocycles. The number of benzene rings is 2. The molecule has 0 bridgehead atoms. The number of hydrogen-bond donors (Lipinski definition) is 3. The zero-order valence-electron chi connectivity index (χ0n) is 14.4. The van der Waals surface area contributed by atoms with Crippen LogP contribution in [-0.4, -0.2) is 23.0 Å². The second kappa shape index (κ2) is 7.10. The molecule has 4 N–H and O–H groups in total. The second-order valence-electron chi connectivity index (χ2n) is 5.69. The van der Waals surface area contributed by atoms with Crippen LogP contribution < -0.4 is 21.3 Å². The van der Waals surface area contributed by atoms with E-state index in [0.717, 1.165) is 11.3 Å². The fourth-order valence-electron chi connectivity index (χ4n) is 2.51. The highest BCUT2D eigenvalue weighted by Crippen LogP contribution is 2.23. The summed E-state index contributed by atoms with van der Waals surface area (Å²) in [5.41, 5.74) is 7.86. The number of rotatable bonds is 5. The Bertz CT molecular complexity index is 1010. The van der Waals surface area contributed by atoms with Crippen LogP contribution in [0.2, 0.25) is 0 Å². The highest BCUT2D eigenvalue weighted by molar-refractivity contribution is 5.93. The predicted octanol–water partition coefficient (Wildman–Crippen LogP) is 2.60. The maximum Gasteiger partial charge on any atom is 0.255 e. The molecule has 0 fully saturated rings. The Kier molecular flexibility index (Phi) is 4.70. The second-order valence-corrected chi connectivity index (χ2v) is 5.69. The smallest absolute Gasteiger partial charge is 0.255 e. The molecule has 0 saturated carbocycles. The van der Waals surface area contributed by atoms with Crippen LogP contribution in [0, 0.1) is 6.92 Å². The normalized spacial score (nSPS) is 10.4. The van der Waals surface area contributed by atoms with Crippen molar-refractivity contribution < 1.29 is 9.53 Å². The lowest BCUT2D eigenvalue weighted by Crippen LogP contribution is -2.15. The van der Waals surface area contributed by atoms with Crippen LogP contribution in [0.15, 0.2) is 53.3 Å². The monoisotopic (exact) mass is 350 g/mol. The average molecular weight is 350 g/mol. The lowest BCUT2D eigenvalue weighted by Gasteiger charge is -2.10. The SMILES string of the molecule is COc1ccc(-c2nc(Nc3cccc(C(N)=O)c3)[nH]c(=O)c2C)cc1. The Morgan fingerprint density at radius 1 is 1.19 bits per heavy atom. The molecule has 0 aliphatic heterocycles. The van der Waals surface area contributed by atoms with Crippen molar-refractivity contribution in [2.24, 2.45) is 5.73 Å². The molecular formula is C19H18N4O3. The van der Waals surface area contributed by atoms with Crippen molar-refractivity contribution in [3.63, 3.8) is 0 Å². The molecule has 0 aliphatic carbocycles. The first-order valence-electron chi connectivity index (χ1n) is 7.90. The number of methoxy groups -OCH3 is 1. The Labute approximate surface area is 149 Å². The van der Waals surface area contributed by atoms with E-state index in [4.69, 9.17) is 10.5 Å². The van der Waals surface area contributed by atoms with Gasteiger partial charge in [-0.15, -0.1) is 0 Å². The third-order valence-electron chi connectivity index (χ3n) is 3.92. The van der Waals surface area contributed by atoms with Crippen molar-refractivity contribution >= 4 is 17.5 Å². The molecule has 0 aliphatic rings. The molecule has 26 heavy (non-hydrogen) atoms. The summed E-state index contributed by atoms with van der Waals surface area (Å²) in [6.07, 6.45) is 0. The number of anilines is 2. The van der Waals surface area contributed by atoms with Crippen LogP contribution in [-0.2, 0) is 0 Å². The molecule has 7 nitrogen and oxygen atoms in total. The summed E-state index contributed by atoms with van der Waals surface area (Å²) in [4.78, 5) is 30.8. The lowest BCUT2D eigenvalue weighted by atomic mass is 10.1. The number of carbonyl (C=O) groups is 1. The Morgan fingerprint density at radius 2 is 1.92 bits per heavy atom. The van der Waals surface area contributed by atoms with Crippen LogP contribution in [0.1, 0.15) is 15.9 Å². The number of nitrogens with two attached hydrogens (primary N) is 1. The largest absolute Gasteiger partial charge is 0.497 e. The molecule has 0 radical (unpaired) electrons. The van der Waals surface area contributed by atoms with Crippen molar-refractivity contribution in [3.05, 3.63) is 70.0 Å². The minimum absolute atomic E-state index is 0.251. The van der Waals surface area contributed by atoms with E-state index in [0.29, 0.717) is 22.5 Å². The van der Waals surface area contributed by atoms with Gasteiger partial charge in [-0.2, -0.15) is 0 Å². The van der Waals surface area contributed by atoms with Gasteiger partial charge in [-0.1, -0.05) is 6.07 Å². The summed E-state index contributed by atoms with van der Waals surface area (Å²) < 4.78 is 5.15. The molecule has 0 atom stereocenters. The minimum Gasteiger partial charge on any atom is -0.497 e. The van der Waals surface area contributed by atoms with Gasteiger partial charge in [0.25, 0.3) is 5.56 Å². The van der Waals surface area contributed by atoms with E-state index in [9.17, 15) is 9.59 Å². The topological polar surface area (TPSA) is 110 Å². The van der Waals surface area contributed by atoms with Crippen LogP contribution in [0.5, 0.6) is 5.75 Å². The standard InChI is InChI=1S/C19H18N4O3/c1-11-16(12-6-8-15(26-2)9-7-12)22-19(23-18(11)25)21-14-5-3-4-13(10-14)17(20)24/h3-10H,1-2H3,(H2,20,24)(H2,21,22,23,25). The van der Waals surface area contributed by atoms with Gasteiger partial charge in [0.05, 0.1) is 12.8 Å². The van der Waals surface area contributed by atoms with E-state index in [1.54, 1.807) is 50.4 Å². The van der Waals surface area contributed by atoms with Gasteiger partial charge in [-0.25, -0.2) is 4.98 Å². The molecule has 0 unspecified atom stereocenters. The van der Waals surface area contributed by atoms with E-state index in [-0.39, 0.29) is 11.5 Å². The van der Waals surface area contributed by atoms with E-state index < -0.39 is 5.91 Å². The molecule has 1 amide bonds. The molecule has 1 heterocycles. The van der Waals surface area contributed by atoms with Gasteiger partial charge in [0.15, 0.2) is 0 Å². The Balaban J connectivity index is 1.99. The summed E-state index contributed by atoms with van der Waals surface area (Å²) in [6.45, 7) is 1.71. The van der Waals surface area contributed by atoms with E-state index >= 15 is 0 Å². The Hall–Kier alpha value is -3.61. The zero-order valence-corrected chi connectivity index (χ0v) is 14.4. The fourth-order valence-corrected chi connectivity index (χ4v) is 2.51. The van der Waals surface area contributed by atoms with Crippen molar-refractivity contribution in [2.45, 2.75) is 6.92 Å². The van der Waals surface area contributed by atoms with Crippen molar-refractivity contribution in [3.8, 4) is 17.0 Å². The number of primary amides is 1. The van der Waals surface area contributed by atoms with Crippen molar-refractivity contribution in [1.82, 2.24) is 9.97 Å². The number of nitrogens with one attached hydrogen (secondary N) is 2. The number of H-pyrrole nitrogens is 1. The minimum atomic E-state index is -0.530. The molecule has 0 spiro atoms. The zero-order chi connectivity index (χ0) is 18.7. The molecule has 2 aromatic carbocycles. The first kappa shape index (κ1) is 17.2. The van der Waals surface area contributed by atoms with Crippen LogP contribution in [0.4, 0.5) is 11.6 Å². The third-order valence-corrected chi connectivity index (χ3v) is 3.92. The molecule has 7 heteroatoms. The van der Waals surface area contributed by atoms with Crippen molar-refractivity contribution in [1.29, 1.82) is 0 Å². The predicted molar refractivity (Wildman–Crippen MR) is 99.8 cm³/mol. The number of aromatic nitrogens is 2. The quantitative estimate of drug-likeness (QED) is 0.655. The Morgan fingerprint density at radius 3 is 2.58 bits per heavy atom. The fraction of sp³-hybridized carbons (Fsp3) is 0.105. The highest BCUT2D eigenvalue weighted by Gasteiger charge is 2.11. The number of aromatic amines is 1. The maximum absolute atomic E-state index is 12.3. The van der Waals surface area contributed by atoms with E-state index in [1.807, 2.05) is 12.1 Å². The van der Waals surface area contributed by atoms with Crippen LogP contribution >= 0.6 is 0 Å². The van der Waals surface area contributed by atoms with Crippen molar-refractivity contribution in [2.75, 3.05) is 12.4 Å². The number of hydrogen-bond acceptors (Lipinski definition) is 5. The lowest BCUT2D eigenvalue weighted by molar-refractivity contribution is 0.100. The molecule has 3 rings (SSSR count). The summed E-state index contributed by atoms with van der Waals surface area (Å²) in [5.74, 6) is 0.462. The number of nitrogens with zero attached hydrogens (tertiary/aromatic N) is 1. The molecule has 0 saturated heterocycles. The number of carbonyl (C=O) groups excluding carboxylic acids is 1. The van der Waals surface area contributed by atoms with Gasteiger partial charge in [0.1, 0.15) is 5.75 Å². The number of ether oxygens (including phenoxy) is 1. The highest BCUT2D eigenvalue weighted by atomic mass is 16.5. The summed E-state index contributed by atoms with van der Waals surface area (Å²) in [5, 5.41) is 3.00. The number of amides is 1. The van der Waals surface area contributed by atoms with Gasteiger partial charge in [0.2, 0.25) is 11.9 Å². The van der Waals surface area contributed by atoms with Crippen LogP contribution in [0.3, 0.4) is 0 Å². The average Bonchev–Trinajstić information content (AvgIpc) is 2.65. The van der Waals surface area contributed by atoms with Gasteiger partial charge in [0, 0.05) is 22.4 Å². The van der Waals surface area contributed by atoms with Crippen LogP contribution in [0.25, 0.3) is 11.3 Å². The molecule has 3 aromatic rings.